The molecule has 2 atom stereocenters. The Morgan fingerprint density at radius 2 is 2.21 bits per heavy atom. The minimum absolute atomic E-state index is 0.710. The molecule has 0 saturated heterocycles. The van der Waals surface area contributed by atoms with Gasteiger partial charge in [-0.05, 0) is 42.9 Å². The standard InChI is InChI=1S/C13H19N/c1-3-11-5-4-6-12(9-11)14-13-8-7-10(13)2/h4-6,9-10,13-14H,3,7-8H2,1-2H3. The molecule has 0 bridgehead atoms. The average molecular weight is 189 g/mol. The van der Waals surface area contributed by atoms with Crippen molar-refractivity contribution in [2.45, 2.75) is 39.2 Å². The first-order valence-corrected chi connectivity index (χ1v) is 5.65. The predicted octanol–water partition coefficient (Wildman–Crippen LogP) is 3.46. The molecule has 1 heteroatoms. The molecule has 0 aliphatic heterocycles. The minimum Gasteiger partial charge on any atom is -0.382 e. The van der Waals surface area contributed by atoms with Gasteiger partial charge in [0.15, 0.2) is 0 Å². The van der Waals surface area contributed by atoms with E-state index in [1.165, 1.54) is 24.1 Å². The molecule has 2 rings (SSSR count). The highest BCUT2D eigenvalue weighted by molar-refractivity contribution is 5.47. The third-order valence-corrected chi connectivity index (χ3v) is 3.31. The summed E-state index contributed by atoms with van der Waals surface area (Å²) in [6, 6.07) is 9.48. The van der Waals surface area contributed by atoms with Crippen LogP contribution in [0.5, 0.6) is 0 Å². The number of benzene rings is 1. The number of nitrogens with one attached hydrogen (secondary N) is 1. The monoisotopic (exact) mass is 189 g/mol. The van der Waals surface area contributed by atoms with Crippen LogP contribution in [0.25, 0.3) is 0 Å². The van der Waals surface area contributed by atoms with Crippen LogP contribution >= 0.6 is 0 Å². The van der Waals surface area contributed by atoms with Crippen molar-refractivity contribution in [3.63, 3.8) is 0 Å². The smallest absolute Gasteiger partial charge is 0.0345 e. The van der Waals surface area contributed by atoms with Crippen LogP contribution in [-0.2, 0) is 6.42 Å². The lowest BCUT2D eigenvalue weighted by atomic mass is 9.81. The molecule has 1 aliphatic rings. The first-order valence-electron chi connectivity index (χ1n) is 5.65. The summed E-state index contributed by atoms with van der Waals surface area (Å²) in [7, 11) is 0. The zero-order valence-electron chi connectivity index (χ0n) is 9.09. The summed E-state index contributed by atoms with van der Waals surface area (Å²) in [5.74, 6) is 0.847. The molecule has 0 amide bonds. The molecule has 0 aromatic heterocycles. The van der Waals surface area contributed by atoms with Crippen LogP contribution in [0.1, 0.15) is 32.3 Å². The molecule has 2 unspecified atom stereocenters. The lowest BCUT2D eigenvalue weighted by Crippen LogP contribution is -2.36. The van der Waals surface area contributed by atoms with E-state index in [1.54, 1.807) is 0 Å². The molecule has 0 spiro atoms. The fraction of sp³-hybridized carbons (Fsp3) is 0.538. The highest BCUT2D eigenvalue weighted by atomic mass is 14.9. The van der Waals surface area contributed by atoms with Crippen molar-refractivity contribution >= 4 is 5.69 Å². The second-order valence-corrected chi connectivity index (χ2v) is 4.36. The van der Waals surface area contributed by atoms with Crippen molar-refractivity contribution in [1.82, 2.24) is 0 Å². The van der Waals surface area contributed by atoms with E-state index in [0.717, 1.165) is 12.3 Å². The zero-order chi connectivity index (χ0) is 9.97. The Labute approximate surface area is 86.5 Å². The van der Waals surface area contributed by atoms with Crippen molar-refractivity contribution in [3.8, 4) is 0 Å². The maximum absolute atomic E-state index is 3.60. The Morgan fingerprint density at radius 1 is 1.36 bits per heavy atom. The van der Waals surface area contributed by atoms with Crippen molar-refractivity contribution < 1.29 is 0 Å². The van der Waals surface area contributed by atoms with E-state index in [4.69, 9.17) is 0 Å². The topological polar surface area (TPSA) is 12.0 Å². The Morgan fingerprint density at radius 3 is 2.79 bits per heavy atom. The van der Waals surface area contributed by atoms with Crippen molar-refractivity contribution in [1.29, 1.82) is 0 Å². The molecule has 0 heterocycles. The van der Waals surface area contributed by atoms with Crippen LogP contribution < -0.4 is 5.32 Å². The molecule has 1 saturated carbocycles. The predicted molar refractivity (Wildman–Crippen MR) is 61.6 cm³/mol. The Balaban J connectivity index is 2.01. The summed E-state index contributed by atoms with van der Waals surface area (Å²) in [6.45, 7) is 4.52. The van der Waals surface area contributed by atoms with Crippen molar-refractivity contribution in [2.24, 2.45) is 5.92 Å². The SMILES string of the molecule is CCc1cccc(NC2CCC2C)c1. The Hall–Kier alpha value is -0.980. The highest BCUT2D eigenvalue weighted by Crippen LogP contribution is 2.29. The molecular formula is C13H19N. The first kappa shape index (κ1) is 9.57. The van der Waals surface area contributed by atoms with Gasteiger partial charge in [-0.1, -0.05) is 26.0 Å². The minimum atomic E-state index is 0.710. The van der Waals surface area contributed by atoms with Crippen molar-refractivity contribution in [3.05, 3.63) is 29.8 Å². The quantitative estimate of drug-likeness (QED) is 0.767. The third kappa shape index (κ3) is 1.92. The summed E-state index contributed by atoms with van der Waals surface area (Å²) in [6.07, 6.45) is 3.83. The van der Waals surface area contributed by atoms with Gasteiger partial charge in [-0.25, -0.2) is 0 Å². The molecule has 1 aliphatic carbocycles. The van der Waals surface area contributed by atoms with E-state index >= 15 is 0 Å². The maximum atomic E-state index is 3.60. The van der Waals surface area contributed by atoms with Crippen LogP contribution in [0.4, 0.5) is 5.69 Å². The van der Waals surface area contributed by atoms with Crippen LogP contribution in [0.3, 0.4) is 0 Å². The van der Waals surface area contributed by atoms with Gasteiger partial charge < -0.3 is 5.32 Å². The number of aryl methyl sites for hydroxylation is 1. The molecule has 1 fully saturated rings. The van der Waals surface area contributed by atoms with Gasteiger partial charge in [-0.3, -0.25) is 0 Å². The van der Waals surface area contributed by atoms with E-state index in [9.17, 15) is 0 Å². The highest BCUT2D eigenvalue weighted by Gasteiger charge is 2.26. The number of anilines is 1. The average Bonchev–Trinajstić information content (AvgIpc) is 2.24. The number of hydrogen-bond donors (Lipinski definition) is 1. The van der Waals surface area contributed by atoms with Gasteiger partial charge in [0.1, 0.15) is 0 Å². The largest absolute Gasteiger partial charge is 0.382 e. The van der Waals surface area contributed by atoms with Crippen LogP contribution in [0.2, 0.25) is 0 Å². The van der Waals surface area contributed by atoms with E-state index in [0.29, 0.717) is 6.04 Å². The summed E-state index contributed by atoms with van der Waals surface area (Å²) < 4.78 is 0. The van der Waals surface area contributed by atoms with Crippen molar-refractivity contribution in [2.75, 3.05) is 5.32 Å². The van der Waals surface area contributed by atoms with E-state index in [-0.39, 0.29) is 0 Å². The summed E-state index contributed by atoms with van der Waals surface area (Å²) in [5.41, 5.74) is 2.71. The summed E-state index contributed by atoms with van der Waals surface area (Å²) >= 11 is 0. The van der Waals surface area contributed by atoms with Gasteiger partial charge in [0.25, 0.3) is 0 Å². The normalized spacial score (nSPS) is 25.6. The fourth-order valence-corrected chi connectivity index (χ4v) is 1.98. The molecule has 14 heavy (non-hydrogen) atoms. The van der Waals surface area contributed by atoms with Crippen LogP contribution in [0.15, 0.2) is 24.3 Å². The lowest BCUT2D eigenvalue weighted by molar-refractivity contribution is 0.303. The Bertz CT molecular complexity index is 306. The molecular weight excluding hydrogens is 170 g/mol. The van der Waals surface area contributed by atoms with E-state index in [1.807, 2.05) is 0 Å². The molecule has 1 aromatic carbocycles. The Kier molecular flexibility index (Phi) is 2.76. The molecule has 1 aromatic rings. The molecule has 1 nitrogen and oxygen atoms in total. The maximum Gasteiger partial charge on any atom is 0.0345 e. The van der Waals surface area contributed by atoms with Gasteiger partial charge in [-0.15, -0.1) is 0 Å². The third-order valence-electron chi connectivity index (χ3n) is 3.31. The second kappa shape index (κ2) is 4.04. The van der Waals surface area contributed by atoms with Gasteiger partial charge in [-0.2, -0.15) is 0 Å². The molecule has 0 radical (unpaired) electrons. The zero-order valence-corrected chi connectivity index (χ0v) is 9.09. The molecule has 1 N–H and O–H groups in total. The lowest BCUT2D eigenvalue weighted by Gasteiger charge is -2.35. The summed E-state index contributed by atoms with van der Waals surface area (Å²) in [4.78, 5) is 0. The van der Waals surface area contributed by atoms with Crippen LogP contribution in [-0.4, -0.2) is 6.04 Å². The van der Waals surface area contributed by atoms with Gasteiger partial charge in [0.2, 0.25) is 0 Å². The second-order valence-electron chi connectivity index (χ2n) is 4.36. The van der Waals surface area contributed by atoms with E-state index in [2.05, 4.69) is 43.4 Å². The fourth-order valence-electron chi connectivity index (χ4n) is 1.98. The first-order chi connectivity index (χ1) is 6.79. The molecule has 76 valence electrons. The van der Waals surface area contributed by atoms with Gasteiger partial charge >= 0.3 is 0 Å². The number of rotatable bonds is 3. The van der Waals surface area contributed by atoms with Crippen LogP contribution in [0, 0.1) is 5.92 Å². The van der Waals surface area contributed by atoms with Gasteiger partial charge in [0.05, 0.1) is 0 Å². The van der Waals surface area contributed by atoms with E-state index < -0.39 is 0 Å². The van der Waals surface area contributed by atoms with Gasteiger partial charge in [0, 0.05) is 11.7 Å². The summed E-state index contributed by atoms with van der Waals surface area (Å²) in [5, 5.41) is 3.60. The number of hydrogen-bond acceptors (Lipinski definition) is 1.